The first kappa shape index (κ1) is 20.1. The largest absolute Gasteiger partial charge is 0.805 e. The van der Waals surface area contributed by atoms with E-state index in [2.05, 4.69) is 0 Å². The highest BCUT2D eigenvalue weighted by Gasteiger charge is 2.23. The average molecular weight is 403 g/mol. The molecule has 29 heavy (non-hydrogen) atoms. The van der Waals surface area contributed by atoms with Crippen LogP contribution in [0, 0.1) is 0 Å². The van der Waals surface area contributed by atoms with Crippen LogP contribution in [0.4, 0.5) is 0 Å². The maximum absolute atomic E-state index is 11.5. The fourth-order valence-corrected chi connectivity index (χ4v) is 3.06. The van der Waals surface area contributed by atoms with E-state index in [0.29, 0.717) is 17.2 Å². The molecule has 0 aromatic heterocycles. The van der Waals surface area contributed by atoms with E-state index in [-0.39, 0.29) is 0 Å². The van der Waals surface area contributed by atoms with Crippen molar-refractivity contribution in [2.75, 3.05) is 0 Å². The highest BCUT2D eigenvalue weighted by atomic mass is 31.1. The van der Waals surface area contributed by atoms with Gasteiger partial charge in [0.15, 0.2) is 11.5 Å². The molecule has 4 aromatic carbocycles. The molecule has 0 bridgehead atoms. The molecule has 0 amide bonds. The third kappa shape index (κ3) is 6.80. The zero-order valence-corrected chi connectivity index (χ0v) is 16.5. The van der Waals surface area contributed by atoms with Crippen molar-refractivity contribution in [1.29, 1.82) is 0 Å². The van der Waals surface area contributed by atoms with E-state index in [1.54, 1.807) is 60.7 Å². The highest BCUT2D eigenvalue weighted by molar-refractivity contribution is 7.34. The lowest BCUT2D eigenvalue weighted by atomic mass is 10.1. The fraction of sp³-hybridized carbons (Fsp3) is 0. The molecule has 4 nitrogen and oxygen atoms in total. The molecular formula is C24H20O4P+. The number of benzene rings is 4. The maximum Gasteiger partial charge on any atom is 0.805 e. The first-order valence-electron chi connectivity index (χ1n) is 8.98. The van der Waals surface area contributed by atoms with Crippen molar-refractivity contribution in [2.24, 2.45) is 0 Å². The minimum absolute atomic E-state index is 0.305. The zero-order valence-electron chi connectivity index (χ0n) is 15.6. The SMILES string of the molecule is O=[P+](Oc1ccccc1)Oc1ccccc1.Oc1ccc(-c2ccccc2)cc1. The van der Waals surface area contributed by atoms with Gasteiger partial charge in [-0.2, -0.15) is 0 Å². The van der Waals surface area contributed by atoms with Crippen LogP contribution >= 0.6 is 8.25 Å². The van der Waals surface area contributed by atoms with E-state index in [0.717, 1.165) is 5.56 Å². The Kier molecular flexibility index (Phi) is 7.39. The molecule has 0 aliphatic rings. The van der Waals surface area contributed by atoms with Crippen LogP contribution in [0.15, 0.2) is 115 Å². The molecule has 0 aliphatic carbocycles. The Balaban J connectivity index is 0.000000169. The van der Waals surface area contributed by atoms with Gasteiger partial charge < -0.3 is 5.11 Å². The first-order chi connectivity index (χ1) is 14.2. The lowest BCUT2D eigenvalue weighted by molar-refractivity contribution is 0.415. The van der Waals surface area contributed by atoms with Gasteiger partial charge in [0.25, 0.3) is 0 Å². The van der Waals surface area contributed by atoms with Crippen molar-refractivity contribution in [3.05, 3.63) is 115 Å². The van der Waals surface area contributed by atoms with Gasteiger partial charge in [-0.05, 0) is 47.5 Å². The molecule has 0 atom stereocenters. The van der Waals surface area contributed by atoms with Crippen LogP contribution in [0.5, 0.6) is 17.2 Å². The molecule has 0 heterocycles. The summed E-state index contributed by atoms with van der Waals surface area (Å²) in [5, 5.41) is 9.10. The molecule has 4 aromatic rings. The van der Waals surface area contributed by atoms with Crippen molar-refractivity contribution >= 4 is 8.25 Å². The predicted octanol–water partition coefficient (Wildman–Crippen LogP) is 6.86. The normalized spacial score (nSPS) is 9.66. The van der Waals surface area contributed by atoms with Gasteiger partial charge in [-0.3, -0.25) is 0 Å². The number of hydrogen-bond donors (Lipinski definition) is 1. The molecule has 0 unspecified atom stereocenters. The second-order valence-corrected chi connectivity index (χ2v) is 6.76. The highest BCUT2D eigenvalue weighted by Crippen LogP contribution is 2.29. The Labute approximate surface area is 171 Å². The summed E-state index contributed by atoms with van der Waals surface area (Å²) in [7, 11) is -2.18. The minimum Gasteiger partial charge on any atom is -0.508 e. The van der Waals surface area contributed by atoms with Gasteiger partial charge in [0.05, 0.1) is 0 Å². The molecule has 0 aliphatic heterocycles. The summed E-state index contributed by atoms with van der Waals surface area (Å²) in [6.07, 6.45) is 0. The van der Waals surface area contributed by atoms with E-state index >= 15 is 0 Å². The Bertz CT molecular complexity index is 961. The molecule has 5 heteroatoms. The second kappa shape index (κ2) is 10.6. The Morgan fingerprint density at radius 2 is 0.897 bits per heavy atom. The van der Waals surface area contributed by atoms with Crippen molar-refractivity contribution in [1.82, 2.24) is 0 Å². The van der Waals surface area contributed by atoms with Gasteiger partial charge in [0, 0.05) is 4.57 Å². The predicted molar refractivity (Wildman–Crippen MR) is 115 cm³/mol. The van der Waals surface area contributed by atoms with Gasteiger partial charge in [-0.1, -0.05) is 78.9 Å². The second-order valence-electron chi connectivity index (χ2n) is 5.95. The van der Waals surface area contributed by atoms with Crippen molar-refractivity contribution in [2.45, 2.75) is 0 Å². The van der Waals surface area contributed by atoms with Crippen LogP contribution in [-0.4, -0.2) is 5.11 Å². The number of hydrogen-bond acceptors (Lipinski definition) is 4. The number of aromatic hydroxyl groups is 1. The fourth-order valence-electron chi connectivity index (χ4n) is 2.44. The zero-order chi connectivity index (χ0) is 20.3. The summed E-state index contributed by atoms with van der Waals surface area (Å²) in [5.41, 5.74) is 2.29. The van der Waals surface area contributed by atoms with Crippen LogP contribution in [0.25, 0.3) is 11.1 Å². The summed E-state index contributed by atoms with van der Waals surface area (Å²) in [4.78, 5) is 0. The molecule has 1 N–H and O–H groups in total. The van der Waals surface area contributed by atoms with Gasteiger partial charge in [-0.15, -0.1) is 0 Å². The lowest BCUT2D eigenvalue weighted by Crippen LogP contribution is -1.87. The van der Waals surface area contributed by atoms with E-state index in [1.807, 2.05) is 54.6 Å². The minimum atomic E-state index is -2.18. The van der Waals surface area contributed by atoms with E-state index < -0.39 is 8.25 Å². The molecule has 0 radical (unpaired) electrons. The van der Waals surface area contributed by atoms with Gasteiger partial charge >= 0.3 is 8.25 Å². The third-order valence-corrected chi connectivity index (χ3v) is 4.54. The van der Waals surface area contributed by atoms with E-state index in [1.165, 1.54) is 5.56 Å². The van der Waals surface area contributed by atoms with Crippen LogP contribution in [0.3, 0.4) is 0 Å². The van der Waals surface area contributed by atoms with Crippen LogP contribution < -0.4 is 9.05 Å². The summed E-state index contributed by atoms with van der Waals surface area (Å²) in [6, 6.07) is 35.1. The molecule has 0 saturated heterocycles. The molecule has 0 spiro atoms. The summed E-state index contributed by atoms with van der Waals surface area (Å²) in [6.45, 7) is 0. The van der Waals surface area contributed by atoms with Gasteiger partial charge in [-0.25, -0.2) is 9.05 Å². The van der Waals surface area contributed by atoms with E-state index in [9.17, 15) is 4.57 Å². The van der Waals surface area contributed by atoms with Crippen LogP contribution in [-0.2, 0) is 4.57 Å². The van der Waals surface area contributed by atoms with E-state index in [4.69, 9.17) is 14.2 Å². The van der Waals surface area contributed by atoms with Gasteiger partial charge in [0.2, 0.25) is 0 Å². The molecule has 0 saturated carbocycles. The Morgan fingerprint density at radius 3 is 1.34 bits per heavy atom. The quantitative estimate of drug-likeness (QED) is 0.370. The van der Waals surface area contributed by atoms with Crippen molar-refractivity contribution < 1.29 is 18.7 Å². The number of phenols is 1. The molecule has 4 rings (SSSR count). The van der Waals surface area contributed by atoms with Crippen molar-refractivity contribution in [3.63, 3.8) is 0 Å². The standard InChI is InChI=1S/C12H10O3P.C12H10O/c13-16(14-11-7-3-1-4-8-11)15-12-9-5-2-6-10-12;13-12-8-6-11(7-9-12)10-4-2-1-3-5-10/h1-10H;1-9,13H/q+1;. The Morgan fingerprint density at radius 1 is 0.517 bits per heavy atom. The first-order valence-corrected chi connectivity index (χ1v) is 10.1. The smallest absolute Gasteiger partial charge is 0.508 e. The van der Waals surface area contributed by atoms with Crippen LogP contribution in [0.1, 0.15) is 0 Å². The van der Waals surface area contributed by atoms with Crippen molar-refractivity contribution in [3.8, 4) is 28.4 Å². The summed E-state index contributed by atoms with van der Waals surface area (Å²) < 4.78 is 21.7. The Hall–Kier alpha value is -3.62. The average Bonchev–Trinajstić information content (AvgIpc) is 2.77. The number of para-hydroxylation sites is 2. The summed E-state index contributed by atoms with van der Waals surface area (Å²) >= 11 is 0. The van der Waals surface area contributed by atoms with Crippen LogP contribution in [0.2, 0.25) is 0 Å². The van der Waals surface area contributed by atoms with Gasteiger partial charge in [0.1, 0.15) is 5.75 Å². The topological polar surface area (TPSA) is 55.8 Å². The number of phenolic OH excluding ortho intramolecular Hbond substituents is 1. The molecule has 0 fully saturated rings. The lowest BCUT2D eigenvalue weighted by Gasteiger charge is -2.00. The third-order valence-electron chi connectivity index (χ3n) is 3.82. The summed E-state index contributed by atoms with van der Waals surface area (Å²) in [5.74, 6) is 1.36. The maximum atomic E-state index is 11.5. The monoisotopic (exact) mass is 403 g/mol. The molecule has 144 valence electrons. The molecular weight excluding hydrogens is 383 g/mol. The number of rotatable bonds is 5.